The Labute approximate surface area is 135 Å². The van der Waals surface area contributed by atoms with Gasteiger partial charge < -0.3 is 5.32 Å². The zero-order chi connectivity index (χ0) is 15.5. The molecular formula is C17H21N3OS. The Morgan fingerprint density at radius 1 is 1.27 bits per heavy atom. The Bertz CT molecular complexity index is 683. The van der Waals surface area contributed by atoms with E-state index < -0.39 is 0 Å². The molecule has 22 heavy (non-hydrogen) atoms. The second-order valence-corrected chi connectivity index (χ2v) is 7.17. The number of amides is 1. The number of benzene rings is 1. The number of thioether (sulfide) groups is 1. The number of aromatic nitrogens is 2. The second kappa shape index (κ2) is 6.65. The lowest BCUT2D eigenvalue weighted by atomic mass is 10.2. The summed E-state index contributed by atoms with van der Waals surface area (Å²) in [6, 6.07) is 8.31. The molecule has 116 valence electrons. The van der Waals surface area contributed by atoms with Crippen molar-refractivity contribution in [2.24, 2.45) is 0 Å². The van der Waals surface area contributed by atoms with Crippen molar-refractivity contribution in [3.05, 3.63) is 30.1 Å². The Hall–Kier alpha value is -1.62. The molecule has 2 aromatic rings. The number of aryl methyl sites for hydroxylation is 1. The minimum atomic E-state index is -0.154. The molecule has 4 nitrogen and oxygen atoms in total. The van der Waals surface area contributed by atoms with Gasteiger partial charge in [-0.15, -0.1) is 0 Å². The molecule has 0 bridgehead atoms. The van der Waals surface area contributed by atoms with E-state index in [1.54, 1.807) is 0 Å². The first-order valence-corrected chi connectivity index (χ1v) is 8.72. The van der Waals surface area contributed by atoms with Crippen LogP contribution in [0.25, 0.3) is 10.9 Å². The van der Waals surface area contributed by atoms with Crippen molar-refractivity contribution in [1.29, 1.82) is 0 Å². The third kappa shape index (κ3) is 3.40. The van der Waals surface area contributed by atoms with Crippen LogP contribution < -0.4 is 5.32 Å². The highest BCUT2D eigenvalue weighted by atomic mass is 32.2. The van der Waals surface area contributed by atoms with Gasteiger partial charge in [0.05, 0.1) is 10.8 Å². The Kier molecular flexibility index (Phi) is 4.62. The first-order valence-electron chi connectivity index (χ1n) is 7.84. The first kappa shape index (κ1) is 15.3. The predicted molar refractivity (Wildman–Crippen MR) is 90.0 cm³/mol. The summed E-state index contributed by atoms with van der Waals surface area (Å²) < 4.78 is 0. The standard InChI is InChI=1S/C17H21N3OS/c1-11(16(21)20-13-7-3-4-8-13)22-17-14-9-5-6-10-15(14)18-12(2)19-17/h5-6,9-11,13H,3-4,7-8H2,1-2H3,(H,20,21)/t11-/m0/s1. The highest BCUT2D eigenvalue weighted by molar-refractivity contribution is 8.00. The van der Waals surface area contributed by atoms with Gasteiger partial charge in [0.1, 0.15) is 10.9 Å². The molecule has 1 aromatic carbocycles. The molecule has 0 spiro atoms. The van der Waals surface area contributed by atoms with Crippen molar-refractivity contribution in [1.82, 2.24) is 15.3 Å². The van der Waals surface area contributed by atoms with E-state index in [0.717, 1.165) is 34.6 Å². The van der Waals surface area contributed by atoms with Gasteiger partial charge in [0.2, 0.25) is 5.91 Å². The van der Waals surface area contributed by atoms with Crippen molar-refractivity contribution >= 4 is 28.6 Å². The number of hydrogen-bond acceptors (Lipinski definition) is 4. The number of hydrogen-bond donors (Lipinski definition) is 1. The van der Waals surface area contributed by atoms with Crippen LogP contribution in [0, 0.1) is 6.92 Å². The lowest BCUT2D eigenvalue weighted by Crippen LogP contribution is -2.37. The number of carbonyl (C=O) groups excluding carboxylic acids is 1. The van der Waals surface area contributed by atoms with Crippen LogP contribution in [-0.2, 0) is 4.79 Å². The van der Waals surface area contributed by atoms with Gasteiger partial charge >= 0.3 is 0 Å². The molecular weight excluding hydrogens is 294 g/mol. The predicted octanol–water partition coefficient (Wildman–Crippen LogP) is 3.48. The normalized spacial score (nSPS) is 16.8. The number of nitrogens with one attached hydrogen (secondary N) is 1. The molecule has 0 unspecified atom stereocenters. The molecule has 0 aliphatic heterocycles. The van der Waals surface area contributed by atoms with Crippen molar-refractivity contribution in [3.8, 4) is 0 Å². The molecule has 1 fully saturated rings. The van der Waals surface area contributed by atoms with E-state index in [2.05, 4.69) is 15.3 Å². The molecule has 0 radical (unpaired) electrons. The summed E-state index contributed by atoms with van der Waals surface area (Å²) in [4.78, 5) is 21.3. The van der Waals surface area contributed by atoms with Crippen LogP contribution in [0.3, 0.4) is 0 Å². The van der Waals surface area contributed by atoms with Gasteiger partial charge in [0.25, 0.3) is 0 Å². The number of carbonyl (C=O) groups is 1. The number of rotatable bonds is 4. The van der Waals surface area contributed by atoms with Gasteiger partial charge in [-0.05, 0) is 32.8 Å². The fraction of sp³-hybridized carbons (Fsp3) is 0.471. The Balaban J connectivity index is 1.75. The van der Waals surface area contributed by atoms with Crippen molar-refractivity contribution in [3.63, 3.8) is 0 Å². The van der Waals surface area contributed by atoms with Crippen molar-refractivity contribution < 1.29 is 4.79 Å². The average Bonchev–Trinajstić information content (AvgIpc) is 3.00. The van der Waals surface area contributed by atoms with E-state index in [1.807, 2.05) is 38.1 Å². The van der Waals surface area contributed by atoms with Crippen molar-refractivity contribution in [2.75, 3.05) is 0 Å². The molecule has 5 heteroatoms. The van der Waals surface area contributed by atoms with E-state index in [1.165, 1.54) is 24.6 Å². The summed E-state index contributed by atoms with van der Waals surface area (Å²) in [7, 11) is 0. The lowest BCUT2D eigenvalue weighted by Gasteiger charge is -2.16. The first-order chi connectivity index (χ1) is 10.6. The Morgan fingerprint density at radius 3 is 2.77 bits per heavy atom. The van der Waals surface area contributed by atoms with Gasteiger partial charge in [-0.1, -0.05) is 42.8 Å². The summed E-state index contributed by atoms with van der Waals surface area (Å²) in [5, 5.41) is 4.90. The number of fused-ring (bicyclic) bond motifs is 1. The molecule has 1 aromatic heterocycles. The smallest absolute Gasteiger partial charge is 0.233 e. The van der Waals surface area contributed by atoms with Crippen LogP contribution in [0.5, 0.6) is 0 Å². The topological polar surface area (TPSA) is 54.9 Å². The number of para-hydroxylation sites is 1. The lowest BCUT2D eigenvalue weighted by molar-refractivity contribution is -0.120. The van der Waals surface area contributed by atoms with Gasteiger partial charge in [-0.2, -0.15) is 0 Å². The van der Waals surface area contributed by atoms with Gasteiger partial charge in [0, 0.05) is 11.4 Å². The second-order valence-electron chi connectivity index (χ2n) is 5.84. The zero-order valence-corrected chi connectivity index (χ0v) is 13.8. The molecule has 0 saturated heterocycles. The summed E-state index contributed by atoms with van der Waals surface area (Å²) in [6.45, 7) is 3.83. The third-order valence-electron chi connectivity index (χ3n) is 4.04. The van der Waals surface area contributed by atoms with Crippen LogP contribution in [-0.4, -0.2) is 27.2 Å². The van der Waals surface area contributed by atoms with Crippen LogP contribution >= 0.6 is 11.8 Å². The summed E-state index contributed by atoms with van der Waals surface area (Å²) in [5.74, 6) is 0.849. The van der Waals surface area contributed by atoms with E-state index in [-0.39, 0.29) is 11.2 Å². The molecule has 1 N–H and O–H groups in total. The maximum Gasteiger partial charge on any atom is 0.233 e. The summed E-state index contributed by atoms with van der Waals surface area (Å²) in [6.07, 6.45) is 4.67. The van der Waals surface area contributed by atoms with E-state index in [0.29, 0.717) is 6.04 Å². The van der Waals surface area contributed by atoms with Crippen molar-refractivity contribution in [2.45, 2.75) is 55.8 Å². The summed E-state index contributed by atoms with van der Waals surface area (Å²) in [5.41, 5.74) is 0.931. The van der Waals surface area contributed by atoms with E-state index >= 15 is 0 Å². The SMILES string of the molecule is Cc1nc(S[C@@H](C)C(=O)NC2CCCC2)c2ccccc2n1. The summed E-state index contributed by atoms with van der Waals surface area (Å²) >= 11 is 1.52. The fourth-order valence-corrected chi connectivity index (χ4v) is 3.85. The van der Waals surface area contributed by atoms with Gasteiger partial charge in [0.15, 0.2) is 0 Å². The van der Waals surface area contributed by atoms with Crippen LogP contribution in [0.15, 0.2) is 29.3 Å². The fourth-order valence-electron chi connectivity index (χ4n) is 2.86. The van der Waals surface area contributed by atoms with Gasteiger partial charge in [-0.25, -0.2) is 9.97 Å². The van der Waals surface area contributed by atoms with E-state index in [9.17, 15) is 4.79 Å². The van der Waals surface area contributed by atoms with Crippen LogP contribution in [0.4, 0.5) is 0 Å². The minimum absolute atomic E-state index is 0.109. The van der Waals surface area contributed by atoms with Crippen LogP contribution in [0.1, 0.15) is 38.4 Å². The highest BCUT2D eigenvalue weighted by Gasteiger charge is 2.22. The third-order valence-corrected chi connectivity index (χ3v) is 5.14. The van der Waals surface area contributed by atoms with Gasteiger partial charge in [-0.3, -0.25) is 4.79 Å². The highest BCUT2D eigenvalue weighted by Crippen LogP contribution is 2.29. The minimum Gasteiger partial charge on any atom is -0.352 e. The van der Waals surface area contributed by atoms with E-state index in [4.69, 9.17) is 0 Å². The largest absolute Gasteiger partial charge is 0.352 e. The molecule has 1 saturated carbocycles. The maximum absolute atomic E-state index is 12.3. The molecule has 3 rings (SSSR count). The average molecular weight is 315 g/mol. The molecule has 1 amide bonds. The van der Waals surface area contributed by atoms with Crippen LogP contribution in [0.2, 0.25) is 0 Å². The molecule has 1 heterocycles. The molecule has 1 atom stereocenters. The molecule has 1 aliphatic rings. The zero-order valence-electron chi connectivity index (χ0n) is 13.0. The number of nitrogens with zero attached hydrogens (tertiary/aromatic N) is 2. The monoisotopic (exact) mass is 315 g/mol. The Morgan fingerprint density at radius 2 is 2.00 bits per heavy atom. The molecule has 1 aliphatic carbocycles. The maximum atomic E-state index is 12.3. The quantitative estimate of drug-likeness (QED) is 0.693.